The van der Waals surface area contributed by atoms with E-state index in [-0.39, 0.29) is 31.2 Å². The molecule has 168 valence electrons. The normalized spacial score (nSPS) is 11.5. The van der Waals surface area contributed by atoms with Gasteiger partial charge >= 0.3 is 0 Å². The van der Waals surface area contributed by atoms with Crippen molar-refractivity contribution < 1.29 is 22.0 Å². The fraction of sp³-hybridized carbons (Fsp3) is 0.0417. The van der Waals surface area contributed by atoms with E-state index in [9.17, 15) is 22.0 Å². The first-order valence-electron chi connectivity index (χ1n) is 9.58. The molecule has 0 bridgehead atoms. The van der Waals surface area contributed by atoms with E-state index in [4.69, 9.17) is 11.6 Å². The number of ketones is 1. The summed E-state index contributed by atoms with van der Waals surface area (Å²) in [6, 6.07) is 14.8. The molecule has 0 amide bonds. The van der Waals surface area contributed by atoms with E-state index in [1.165, 1.54) is 42.5 Å². The zero-order chi connectivity index (χ0) is 23.9. The van der Waals surface area contributed by atoms with Crippen molar-refractivity contribution >= 4 is 59.8 Å². The van der Waals surface area contributed by atoms with Crippen molar-refractivity contribution in [3.05, 3.63) is 105 Å². The van der Waals surface area contributed by atoms with Gasteiger partial charge in [0.05, 0.1) is 21.2 Å². The molecule has 0 spiro atoms. The third-order valence-electron chi connectivity index (χ3n) is 5.02. The van der Waals surface area contributed by atoms with Crippen molar-refractivity contribution in [2.45, 2.75) is 11.8 Å². The molecule has 0 aliphatic carbocycles. The number of fused-ring (bicyclic) bond motifs is 1. The van der Waals surface area contributed by atoms with Crippen molar-refractivity contribution in [1.82, 2.24) is 0 Å². The number of aryl methyl sites for hydroxylation is 1. The number of nitrogens with one attached hydrogen (secondary N) is 1. The lowest BCUT2D eigenvalue weighted by Crippen LogP contribution is -2.17. The number of carbonyl (C=O) groups is 1. The predicted molar refractivity (Wildman–Crippen MR) is 128 cm³/mol. The fourth-order valence-electron chi connectivity index (χ4n) is 3.35. The summed E-state index contributed by atoms with van der Waals surface area (Å²) in [5.74, 6) is -1.97. The molecular weight excluding hydrogens is 536 g/mol. The Morgan fingerprint density at radius 2 is 1.58 bits per heavy atom. The highest BCUT2D eigenvalue weighted by molar-refractivity contribution is 9.10. The van der Waals surface area contributed by atoms with Gasteiger partial charge in [0.2, 0.25) is 0 Å². The third kappa shape index (κ3) is 4.64. The Morgan fingerprint density at radius 3 is 2.27 bits per heavy atom. The fourth-order valence-corrected chi connectivity index (χ4v) is 5.36. The molecule has 4 nitrogen and oxygen atoms in total. The van der Waals surface area contributed by atoms with Gasteiger partial charge in [0.1, 0.15) is 11.6 Å². The standard InChI is InChI=1S/C24H15BrClF2NO3S/c1-13-2-7-17(8-3-13)33(31,32)29-21-10-14-4-5-15(27)11-18(14)23(25)22(21)24(30)19-12-16(28)6-9-20(19)26/h2-12,29H,1H3. The van der Waals surface area contributed by atoms with Crippen LogP contribution in [0.2, 0.25) is 5.02 Å². The van der Waals surface area contributed by atoms with Gasteiger partial charge in [-0.3, -0.25) is 9.52 Å². The van der Waals surface area contributed by atoms with Gasteiger partial charge in [0, 0.05) is 10.0 Å². The highest BCUT2D eigenvalue weighted by atomic mass is 79.9. The zero-order valence-corrected chi connectivity index (χ0v) is 20.2. The Morgan fingerprint density at radius 1 is 0.939 bits per heavy atom. The monoisotopic (exact) mass is 549 g/mol. The molecule has 0 aliphatic rings. The molecule has 0 heterocycles. The van der Waals surface area contributed by atoms with Gasteiger partial charge in [-0.2, -0.15) is 0 Å². The van der Waals surface area contributed by atoms with Crippen molar-refractivity contribution in [2.24, 2.45) is 0 Å². The summed E-state index contributed by atoms with van der Waals surface area (Å²) in [6.07, 6.45) is 0. The number of carbonyl (C=O) groups excluding carboxylic acids is 1. The molecule has 4 aromatic rings. The molecule has 0 saturated heterocycles. The topological polar surface area (TPSA) is 63.2 Å². The van der Waals surface area contributed by atoms with Crippen LogP contribution < -0.4 is 4.72 Å². The number of rotatable bonds is 5. The maximum Gasteiger partial charge on any atom is 0.261 e. The van der Waals surface area contributed by atoms with Gasteiger partial charge < -0.3 is 0 Å². The minimum absolute atomic E-state index is 0.00869. The predicted octanol–water partition coefficient (Wildman–Crippen LogP) is 6.87. The average Bonchev–Trinajstić information content (AvgIpc) is 2.76. The summed E-state index contributed by atoms with van der Waals surface area (Å²) < 4.78 is 56.5. The Labute approximate surface area is 202 Å². The minimum atomic E-state index is -4.08. The smallest absolute Gasteiger partial charge is 0.261 e. The molecule has 0 saturated carbocycles. The number of benzene rings is 4. The lowest BCUT2D eigenvalue weighted by atomic mass is 9.98. The number of hydrogen-bond donors (Lipinski definition) is 1. The van der Waals surface area contributed by atoms with Crippen LogP contribution in [-0.2, 0) is 10.0 Å². The first-order chi connectivity index (χ1) is 15.6. The third-order valence-corrected chi connectivity index (χ3v) is 7.55. The van der Waals surface area contributed by atoms with Crippen LogP contribution in [0.3, 0.4) is 0 Å². The van der Waals surface area contributed by atoms with Crippen molar-refractivity contribution in [3.8, 4) is 0 Å². The van der Waals surface area contributed by atoms with Crippen LogP contribution in [0.15, 0.2) is 76.1 Å². The van der Waals surface area contributed by atoms with Crippen LogP contribution in [0.4, 0.5) is 14.5 Å². The van der Waals surface area contributed by atoms with E-state index in [1.807, 2.05) is 6.92 Å². The summed E-state index contributed by atoms with van der Waals surface area (Å²) in [7, 11) is -4.08. The second-order valence-corrected chi connectivity index (χ2v) is 10.2. The Hall–Kier alpha value is -2.81. The molecule has 9 heteroatoms. The Kier molecular flexibility index (Phi) is 6.26. The molecule has 0 aromatic heterocycles. The quantitative estimate of drug-likeness (QED) is 0.276. The Bertz CT molecular complexity index is 1520. The largest absolute Gasteiger partial charge is 0.288 e. The summed E-state index contributed by atoms with van der Waals surface area (Å²) in [6.45, 7) is 1.82. The molecule has 4 rings (SSSR count). The molecule has 0 atom stereocenters. The number of anilines is 1. The summed E-state index contributed by atoms with van der Waals surface area (Å²) >= 11 is 9.45. The number of sulfonamides is 1. The highest BCUT2D eigenvalue weighted by Gasteiger charge is 2.25. The van der Waals surface area contributed by atoms with E-state index < -0.39 is 27.4 Å². The molecule has 0 aliphatic heterocycles. The lowest BCUT2D eigenvalue weighted by molar-refractivity contribution is 0.103. The van der Waals surface area contributed by atoms with Crippen LogP contribution in [0, 0.1) is 18.6 Å². The van der Waals surface area contributed by atoms with Gasteiger partial charge in [-0.05, 0) is 82.2 Å². The van der Waals surface area contributed by atoms with Gasteiger partial charge in [0.25, 0.3) is 10.0 Å². The van der Waals surface area contributed by atoms with E-state index in [0.29, 0.717) is 10.8 Å². The zero-order valence-electron chi connectivity index (χ0n) is 17.0. The van der Waals surface area contributed by atoms with Crippen molar-refractivity contribution in [2.75, 3.05) is 4.72 Å². The van der Waals surface area contributed by atoms with E-state index >= 15 is 0 Å². The second-order valence-electron chi connectivity index (χ2n) is 7.35. The second kappa shape index (κ2) is 8.85. The van der Waals surface area contributed by atoms with Gasteiger partial charge in [-0.1, -0.05) is 35.4 Å². The maximum atomic E-state index is 13.9. The van der Waals surface area contributed by atoms with Gasteiger partial charge in [-0.15, -0.1) is 0 Å². The van der Waals surface area contributed by atoms with E-state index in [2.05, 4.69) is 20.7 Å². The van der Waals surface area contributed by atoms with Crippen LogP contribution >= 0.6 is 27.5 Å². The minimum Gasteiger partial charge on any atom is -0.288 e. The van der Waals surface area contributed by atoms with Crippen LogP contribution in [0.5, 0.6) is 0 Å². The molecule has 4 aromatic carbocycles. The summed E-state index contributed by atoms with van der Waals surface area (Å²) in [5.41, 5.74) is 0.521. The highest BCUT2D eigenvalue weighted by Crippen LogP contribution is 2.37. The lowest BCUT2D eigenvalue weighted by Gasteiger charge is -2.17. The molecule has 0 fully saturated rings. The van der Waals surface area contributed by atoms with Crippen molar-refractivity contribution in [3.63, 3.8) is 0 Å². The first kappa shape index (κ1) is 23.4. The first-order valence-corrected chi connectivity index (χ1v) is 12.2. The molecule has 33 heavy (non-hydrogen) atoms. The SMILES string of the molecule is Cc1ccc(S(=O)(=O)Nc2cc3ccc(F)cc3c(Br)c2C(=O)c2cc(F)ccc2Cl)cc1. The number of halogens is 4. The summed E-state index contributed by atoms with van der Waals surface area (Å²) in [4.78, 5) is 13.4. The Balaban J connectivity index is 1.95. The van der Waals surface area contributed by atoms with Gasteiger partial charge in [0.15, 0.2) is 5.78 Å². The summed E-state index contributed by atoms with van der Waals surface area (Å²) in [5, 5.41) is 0.802. The van der Waals surface area contributed by atoms with Gasteiger partial charge in [-0.25, -0.2) is 17.2 Å². The molecule has 0 radical (unpaired) electrons. The molecular formula is C24H15BrClF2NO3S. The van der Waals surface area contributed by atoms with E-state index in [1.54, 1.807) is 12.1 Å². The average molecular weight is 551 g/mol. The maximum absolute atomic E-state index is 13.9. The molecule has 1 N–H and O–H groups in total. The molecule has 0 unspecified atom stereocenters. The number of hydrogen-bond acceptors (Lipinski definition) is 3. The van der Waals surface area contributed by atoms with Crippen LogP contribution in [-0.4, -0.2) is 14.2 Å². The van der Waals surface area contributed by atoms with Crippen molar-refractivity contribution in [1.29, 1.82) is 0 Å². The van der Waals surface area contributed by atoms with Crippen LogP contribution in [0.1, 0.15) is 21.5 Å². The van der Waals surface area contributed by atoms with E-state index in [0.717, 1.165) is 17.7 Å². The van der Waals surface area contributed by atoms with Crippen LogP contribution in [0.25, 0.3) is 10.8 Å².